The molecule has 0 bridgehead atoms. The van der Waals surface area contributed by atoms with Gasteiger partial charge < -0.3 is 11.1 Å². The van der Waals surface area contributed by atoms with Crippen LogP contribution in [-0.2, 0) is 6.54 Å². The van der Waals surface area contributed by atoms with Gasteiger partial charge in [0.2, 0.25) is 0 Å². The van der Waals surface area contributed by atoms with Gasteiger partial charge in [-0.25, -0.2) is 0 Å². The third-order valence-electron chi connectivity index (χ3n) is 5.22. The van der Waals surface area contributed by atoms with Gasteiger partial charge in [0.05, 0.1) is 0 Å². The molecule has 0 spiro atoms. The molecule has 28 heavy (non-hydrogen) atoms. The Labute approximate surface area is 166 Å². The molecule has 3 aromatic rings. The molecular formula is C24H25N3O. The molecule has 1 atom stereocenters. The van der Waals surface area contributed by atoms with Crippen LogP contribution < -0.4 is 11.1 Å². The van der Waals surface area contributed by atoms with Crippen LogP contribution in [-0.4, -0.2) is 29.9 Å². The summed E-state index contributed by atoms with van der Waals surface area (Å²) in [5.74, 6) is -0.00862. The number of carbonyl (C=O) groups excluding carboxylic acids is 1. The number of nitrogens with zero attached hydrogens (tertiary/aromatic N) is 1. The SMILES string of the molecule is Nc1cccc(-c2ccc(C(=O)N[C@@H]3CCN(Cc4ccccc4)C3)cc2)c1. The number of benzene rings is 3. The lowest BCUT2D eigenvalue weighted by Gasteiger charge is -2.17. The number of hydrogen-bond acceptors (Lipinski definition) is 3. The number of hydrogen-bond donors (Lipinski definition) is 2. The van der Waals surface area contributed by atoms with Crippen molar-refractivity contribution in [2.45, 2.75) is 19.0 Å². The van der Waals surface area contributed by atoms with Crippen LogP contribution in [0.15, 0.2) is 78.9 Å². The van der Waals surface area contributed by atoms with Gasteiger partial charge in [0.15, 0.2) is 0 Å². The Morgan fingerprint density at radius 1 is 0.964 bits per heavy atom. The first-order chi connectivity index (χ1) is 13.7. The molecule has 0 unspecified atom stereocenters. The van der Waals surface area contributed by atoms with Gasteiger partial charge in [-0.2, -0.15) is 0 Å². The Hall–Kier alpha value is -3.11. The minimum absolute atomic E-state index is 0.00862. The maximum atomic E-state index is 12.6. The van der Waals surface area contributed by atoms with Crippen LogP contribution in [0.4, 0.5) is 5.69 Å². The summed E-state index contributed by atoms with van der Waals surface area (Å²) in [6, 6.07) is 26.1. The fraction of sp³-hybridized carbons (Fsp3) is 0.208. The summed E-state index contributed by atoms with van der Waals surface area (Å²) in [6.07, 6.45) is 0.986. The van der Waals surface area contributed by atoms with Crippen molar-refractivity contribution in [2.24, 2.45) is 0 Å². The van der Waals surface area contributed by atoms with E-state index in [4.69, 9.17) is 5.73 Å². The van der Waals surface area contributed by atoms with E-state index in [9.17, 15) is 4.79 Å². The Morgan fingerprint density at radius 3 is 2.50 bits per heavy atom. The number of nitrogens with one attached hydrogen (secondary N) is 1. The van der Waals surface area contributed by atoms with Gasteiger partial charge in [-0.1, -0.05) is 54.6 Å². The second-order valence-electron chi connectivity index (χ2n) is 7.38. The van der Waals surface area contributed by atoms with Gasteiger partial charge in [0, 0.05) is 36.9 Å². The van der Waals surface area contributed by atoms with Crippen LogP contribution in [0.25, 0.3) is 11.1 Å². The average Bonchev–Trinajstić information content (AvgIpc) is 3.15. The van der Waals surface area contributed by atoms with Crippen molar-refractivity contribution < 1.29 is 4.79 Å². The molecule has 0 radical (unpaired) electrons. The average molecular weight is 371 g/mol. The zero-order valence-corrected chi connectivity index (χ0v) is 15.8. The Bertz CT molecular complexity index is 938. The summed E-state index contributed by atoms with van der Waals surface area (Å²) >= 11 is 0. The molecule has 1 saturated heterocycles. The van der Waals surface area contributed by atoms with Crippen LogP contribution >= 0.6 is 0 Å². The molecule has 0 aromatic heterocycles. The van der Waals surface area contributed by atoms with Crippen LogP contribution in [0, 0.1) is 0 Å². The molecule has 0 saturated carbocycles. The summed E-state index contributed by atoms with van der Waals surface area (Å²) in [5, 5.41) is 3.18. The molecule has 4 heteroatoms. The maximum absolute atomic E-state index is 12.6. The lowest BCUT2D eigenvalue weighted by Crippen LogP contribution is -2.36. The first kappa shape index (κ1) is 18.3. The minimum Gasteiger partial charge on any atom is -0.399 e. The van der Waals surface area contributed by atoms with Gasteiger partial charge in [0.25, 0.3) is 5.91 Å². The largest absolute Gasteiger partial charge is 0.399 e. The smallest absolute Gasteiger partial charge is 0.251 e. The van der Waals surface area contributed by atoms with Crippen molar-refractivity contribution in [2.75, 3.05) is 18.8 Å². The summed E-state index contributed by atoms with van der Waals surface area (Å²) in [5.41, 5.74) is 10.7. The first-order valence-corrected chi connectivity index (χ1v) is 9.70. The topological polar surface area (TPSA) is 58.4 Å². The highest BCUT2D eigenvalue weighted by molar-refractivity contribution is 5.95. The monoisotopic (exact) mass is 371 g/mol. The second kappa shape index (κ2) is 8.28. The highest BCUT2D eigenvalue weighted by Gasteiger charge is 2.24. The lowest BCUT2D eigenvalue weighted by atomic mass is 10.0. The highest BCUT2D eigenvalue weighted by atomic mass is 16.1. The van der Waals surface area contributed by atoms with E-state index in [1.807, 2.05) is 54.6 Å². The Morgan fingerprint density at radius 2 is 1.75 bits per heavy atom. The molecule has 142 valence electrons. The number of likely N-dealkylation sites (tertiary alicyclic amines) is 1. The number of rotatable bonds is 5. The lowest BCUT2D eigenvalue weighted by molar-refractivity contribution is 0.0937. The van der Waals surface area contributed by atoms with E-state index in [0.717, 1.165) is 42.9 Å². The molecule has 0 aliphatic carbocycles. The van der Waals surface area contributed by atoms with Crippen LogP contribution in [0.3, 0.4) is 0 Å². The molecule has 3 aromatic carbocycles. The molecule has 3 N–H and O–H groups in total. The van der Waals surface area contributed by atoms with E-state index < -0.39 is 0 Å². The summed E-state index contributed by atoms with van der Waals surface area (Å²) in [7, 11) is 0. The predicted octanol–water partition coefficient (Wildman–Crippen LogP) is 3.94. The maximum Gasteiger partial charge on any atom is 0.251 e. The van der Waals surface area contributed by atoms with E-state index in [1.54, 1.807) is 0 Å². The molecule has 4 rings (SSSR count). The van der Waals surface area contributed by atoms with Gasteiger partial charge >= 0.3 is 0 Å². The van der Waals surface area contributed by atoms with Gasteiger partial charge in [-0.05, 0) is 47.4 Å². The normalized spacial score (nSPS) is 16.8. The number of amides is 1. The van der Waals surface area contributed by atoms with Crippen molar-refractivity contribution >= 4 is 11.6 Å². The van der Waals surface area contributed by atoms with Crippen molar-refractivity contribution in [1.82, 2.24) is 10.2 Å². The van der Waals surface area contributed by atoms with Crippen LogP contribution in [0.2, 0.25) is 0 Å². The van der Waals surface area contributed by atoms with Crippen molar-refractivity contribution in [1.29, 1.82) is 0 Å². The molecular weight excluding hydrogens is 346 g/mol. The fourth-order valence-corrected chi connectivity index (χ4v) is 3.74. The number of nitrogens with two attached hydrogens (primary N) is 1. The van der Waals surface area contributed by atoms with Gasteiger partial charge in [-0.3, -0.25) is 9.69 Å². The molecule has 1 amide bonds. The second-order valence-corrected chi connectivity index (χ2v) is 7.38. The van der Waals surface area contributed by atoms with Crippen molar-refractivity contribution in [3.63, 3.8) is 0 Å². The van der Waals surface area contributed by atoms with Crippen LogP contribution in [0.1, 0.15) is 22.3 Å². The molecule has 4 nitrogen and oxygen atoms in total. The molecule has 1 fully saturated rings. The molecule has 1 heterocycles. The molecule has 1 aliphatic heterocycles. The highest BCUT2D eigenvalue weighted by Crippen LogP contribution is 2.22. The summed E-state index contributed by atoms with van der Waals surface area (Å²) in [6.45, 7) is 2.83. The van der Waals surface area contributed by atoms with E-state index in [0.29, 0.717) is 5.56 Å². The zero-order valence-electron chi connectivity index (χ0n) is 15.8. The van der Waals surface area contributed by atoms with Crippen molar-refractivity contribution in [3.8, 4) is 11.1 Å². The summed E-state index contributed by atoms with van der Waals surface area (Å²) in [4.78, 5) is 15.0. The Balaban J connectivity index is 1.34. The van der Waals surface area contributed by atoms with Crippen LogP contribution in [0.5, 0.6) is 0 Å². The van der Waals surface area contributed by atoms with E-state index in [2.05, 4.69) is 34.5 Å². The van der Waals surface area contributed by atoms with E-state index >= 15 is 0 Å². The number of carbonyl (C=O) groups is 1. The molecule has 1 aliphatic rings. The summed E-state index contributed by atoms with van der Waals surface area (Å²) < 4.78 is 0. The quantitative estimate of drug-likeness (QED) is 0.668. The number of anilines is 1. The van der Waals surface area contributed by atoms with E-state index in [-0.39, 0.29) is 11.9 Å². The predicted molar refractivity (Wildman–Crippen MR) is 114 cm³/mol. The van der Waals surface area contributed by atoms with E-state index in [1.165, 1.54) is 5.56 Å². The minimum atomic E-state index is -0.00862. The third kappa shape index (κ3) is 4.41. The zero-order chi connectivity index (χ0) is 19.3. The standard InChI is InChI=1S/C24H25N3O/c25-22-8-4-7-21(15-22)19-9-11-20(12-10-19)24(28)26-23-13-14-27(17-23)16-18-5-2-1-3-6-18/h1-12,15,23H,13-14,16-17,25H2,(H,26,28)/t23-/m1/s1. The fourth-order valence-electron chi connectivity index (χ4n) is 3.74. The first-order valence-electron chi connectivity index (χ1n) is 9.70. The van der Waals surface area contributed by atoms with Crippen molar-refractivity contribution in [3.05, 3.63) is 90.0 Å². The third-order valence-corrected chi connectivity index (χ3v) is 5.22. The Kier molecular flexibility index (Phi) is 5.40. The van der Waals surface area contributed by atoms with Gasteiger partial charge in [0.1, 0.15) is 0 Å². The number of nitrogen functional groups attached to an aromatic ring is 1. The van der Waals surface area contributed by atoms with Gasteiger partial charge in [-0.15, -0.1) is 0 Å².